The van der Waals surface area contributed by atoms with Crippen LogP contribution >= 0.6 is 24.2 Å². The van der Waals surface area contributed by atoms with E-state index in [2.05, 4.69) is 36.9 Å². The number of quaternary nitrogens is 1. The fraction of sp³-hybridized carbons (Fsp3) is 0.520. The number of para-hydroxylation sites is 1. The highest BCUT2D eigenvalue weighted by atomic mass is 35.5. The van der Waals surface area contributed by atoms with Gasteiger partial charge >= 0.3 is 6.09 Å². The van der Waals surface area contributed by atoms with Crippen LogP contribution in [-0.4, -0.2) is 77.3 Å². The maximum atomic E-state index is 13.5. The molecular formula is C25H37Cl2N5O3S. The summed E-state index contributed by atoms with van der Waals surface area (Å²) in [6, 6.07) is 8.17. The summed E-state index contributed by atoms with van der Waals surface area (Å²) in [6.07, 6.45) is 7.59. The van der Waals surface area contributed by atoms with Crippen molar-refractivity contribution in [2.24, 2.45) is 18.7 Å². The van der Waals surface area contributed by atoms with Gasteiger partial charge in [-0.25, -0.2) is 4.79 Å². The number of carbonyl (C=O) groups excluding carboxylic acids is 2. The fourth-order valence-electron chi connectivity index (χ4n) is 5.08. The van der Waals surface area contributed by atoms with E-state index >= 15 is 0 Å². The van der Waals surface area contributed by atoms with Crippen LogP contribution in [0.1, 0.15) is 29.4 Å². The first-order valence-corrected chi connectivity index (χ1v) is 13.4. The Labute approximate surface area is 230 Å². The number of benzene rings is 1. The monoisotopic (exact) mass is 557 g/mol. The van der Waals surface area contributed by atoms with Crippen LogP contribution in [0.25, 0.3) is 10.9 Å². The van der Waals surface area contributed by atoms with Crippen LogP contribution in [-0.2, 0) is 18.2 Å². The second-order valence-corrected chi connectivity index (χ2v) is 10.1. The van der Waals surface area contributed by atoms with Gasteiger partial charge in [-0.1, -0.05) is 18.2 Å². The van der Waals surface area contributed by atoms with Gasteiger partial charge in [-0.3, -0.25) is 14.6 Å². The Balaban J connectivity index is 0.00000228. The number of aryl methyl sites for hydroxylation is 1. The smallest absolute Gasteiger partial charge is 0.411 e. The number of hydrogen-bond donors (Lipinski definition) is 2. The number of rotatable bonds is 9. The number of Topliss-reactive ketones (excluding diaryl/α,β-unsaturated/α-hetero) is 1. The molecule has 200 valence electrons. The summed E-state index contributed by atoms with van der Waals surface area (Å²) < 4.78 is 7.75. The highest BCUT2D eigenvalue weighted by Crippen LogP contribution is 2.33. The number of amides is 1. The van der Waals surface area contributed by atoms with Crippen LogP contribution < -0.4 is 23.0 Å². The van der Waals surface area contributed by atoms with Gasteiger partial charge in [0.05, 0.1) is 18.7 Å². The van der Waals surface area contributed by atoms with Crippen molar-refractivity contribution in [2.75, 3.05) is 44.9 Å². The minimum Gasteiger partial charge on any atom is -1.00 e. The van der Waals surface area contributed by atoms with Crippen LogP contribution in [0.2, 0.25) is 0 Å². The molecule has 3 atom stereocenters. The number of aromatic nitrogens is 1. The van der Waals surface area contributed by atoms with Gasteiger partial charge < -0.3 is 32.3 Å². The van der Waals surface area contributed by atoms with Crippen LogP contribution in [0.4, 0.5) is 4.79 Å². The molecule has 0 fully saturated rings. The predicted molar refractivity (Wildman–Crippen MR) is 143 cm³/mol. The van der Waals surface area contributed by atoms with Crippen molar-refractivity contribution in [2.45, 2.75) is 25.9 Å². The molecule has 3 unspecified atom stereocenters. The molecule has 0 radical (unpaired) electrons. The van der Waals surface area contributed by atoms with E-state index in [9.17, 15) is 9.59 Å². The van der Waals surface area contributed by atoms with E-state index in [-0.39, 0.29) is 55.5 Å². The van der Waals surface area contributed by atoms with Crippen molar-refractivity contribution in [1.29, 1.82) is 0 Å². The van der Waals surface area contributed by atoms with Crippen molar-refractivity contribution < 1.29 is 31.6 Å². The highest BCUT2D eigenvalue weighted by molar-refractivity contribution is 7.98. The van der Waals surface area contributed by atoms with Gasteiger partial charge in [0, 0.05) is 61.5 Å². The molecule has 1 aromatic carbocycles. The molecule has 1 amide bonds. The van der Waals surface area contributed by atoms with Crippen molar-refractivity contribution >= 4 is 46.9 Å². The summed E-state index contributed by atoms with van der Waals surface area (Å²) in [5.41, 5.74) is 8.83. The quantitative estimate of drug-likeness (QED) is 0.415. The average molecular weight is 559 g/mol. The van der Waals surface area contributed by atoms with E-state index in [1.165, 1.54) is 4.90 Å². The number of thioether (sulfide) groups is 1. The van der Waals surface area contributed by atoms with Crippen molar-refractivity contribution in [3.8, 4) is 0 Å². The first kappa shape index (κ1) is 30.3. The summed E-state index contributed by atoms with van der Waals surface area (Å²) in [5, 5.41) is 1.06. The molecule has 0 spiro atoms. The lowest BCUT2D eigenvalue weighted by molar-refractivity contribution is -0.878. The molecule has 1 aliphatic carbocycles. The number of nitrogens with zero attached hydrogens (tertiary/aromatic N) is 3. The van der Waals surface area contributed by atoms with E-state index in [0.717, 1.165) is 47.3 Å². The minimum atomic E-state index is -0.334. The largest absolute Gasteiger partial charge is 1.00 e. The topological polar surface area (TPSA) is 85.2 Å². The Bertz CT molecular complexity index is 1080. The van der Waals surface area contributed by atoms with Crippen LogP contribution in [0.3, 0.4) is 0 Å². The molecule has 2 aliphatic rings. The van der Waals surface area contributed by atoms with Crippen LogP contribution in [0.15, 0.2) is 36.7 Å². The van der Waals surface area contributed by atoms with Gasteiger partial charge in [-0.15, -0.1) is 12.4 Å². The normalized spacial score (nSPS) is 20.6. The van der Waals surface area contributed by atoms with E-state index in [1.54, 1.807) is 16.7 Å². The van der Waals surface area contributed by atoms with E-state index in [1.807, 2.05) is 29.5 Å². The minimum absolute atomic E-state index is 0. The Morgan fingerprint density at radius 1 is 1.31 bits per heavy atom. The lowest BCUT2D eigenvalue weighted by Gasteiger charge is -2.29. The second kappa shape index (κ2) is 13.6. The maximum Gasteiger partial charge on any atom is 0.411 e. The number of fused-ring (bicyclic) bond motifs is 3. The second-order valence-electron chi connectivity index (χ2n) is 9.09. The molecule has 36 heavy (non-hydrogen) atoms. The lowest BCUT2D eigenvalue weighted by Crippen LogP contribution is -3.11. The van der Waals surface area contributed by atoms with Gasteiger partial charge in [-0.05, 0) is 25.2 Å². The molecule has 3 N–H and O–H groups in total. The molecule has 0 saturated heterocycles. The molecule has 1 aromatic heterocycles. The van der Waals surface area contributed by atoms with Crippen molar-refractivity contribution in [3.63, 3.8) is 0 Å². The molecule has 2 heterocycles. The molecule has 1 aliphatic heterocycles. The number of nitrogens with one attached hydrogen (secondary N) is 1. The van der Waals surface area contributed by atoms with Gasteiger partial charge in [0.25, 0.3) is 0 Å². The molecule has 0 saturated carbocycles. The van der Waals surface area contributed by atoms with Crippen molar-refractivity contribution in [1.82, 2.24) is 14.4 Å². The van der Waals surface area contributed by atoms with Gasteiger partial charge in [0.2, 0.25) is 0 Å². The Morgan fingerprint density at radius 3 is 2.78 bits per heavy atom. The Hall–Kier alpha value is -1.91. The van der Waals surface area contributed by atoms with Crippen LogP contribution in [0, 0.1) is 5.92 Å². The Morgan fingerprint density at radius 2 is 2.06 bits per heavy atom. The number of hydrogen-bond acceptors (Lipinski definition) is 6. The van der Waals surface area contributed by atoms with Gasteiger partial charge in [0.15, 0.2) is 18.7 Å². The third-order valence-electron chi connectivity index (χ3n) is 7.13. The summed E-state index contributed by atoms with van der Waals surface area (Å²) in [6.45, 7) is 4.55. The summed E-state index contributed by atoms with van der Waals surface area (Å²) >= 11 is 1.69. The number of ether oxygens (including phenoxy) is 1. The van der Waals surface area contributed by atoms with Crippen molar-refractivity contribution in [3.05, 3.63) is 47.9 Å². The number of halogens is 2. The number of carbonyl (C=O) groups is 2. The zero-order chi connectivity index (χ0) is 24.2. The zero-order valence-corrected chi connectivity index (χ0v) is 23.5. The average Bonchev–Trinajstić information content (AvgIpc) is 3.34. The molecular weight excluding hydrogens is 521 g/mol. The zero-order valence-electron chi connectivity index (χ0n) is 21.1. The first-order valence-electron chi connectivity index (χ1n) is 12.0. The van der Waals surface area contributed by atoms with E-state index in [4.69, 9.17) is 10.5 Å². The number of ketones is 1. The molecule has 11 heteroatoms. The van der Waals surface area contributed by atoms with E-state index < -0.39 is 0 Å². The van der Waals surface area contributed by atoms with Gasteiger partial charge in [0.1, 0.15) is 6.20 Å². The molecule has 4 rings (SSSR count). The van der Waals surface area contributed by atoms with Crippen LogP contribution in [0.5, 0.6) is 0 Å². The molecule has 2 aromatic rings. The molecule has 8 nitrogen and oxygen atoms in total. The lowest BCUT2D eigenvalue weighted by atomic mass is 9.84. The van der Waals surface area contributed by atoms with Gasteiger partial charge in [-0.2, -0.15) is 11.8 Å². The first-order chi connectivity index (χ1) is 16.5. The highest BCUT2D eigenvalue weighted by Gasteiger charge is 2.37. The third kappa shape index (κ3) is 6.14. The molecule has 0 bridgehead atoms. The Kier molecular flexibility index (Phi) is 11.4. The van der Waals surface area contributed by atoms with E-state index in [0.29, 0.717) is 19.6 Å². The number of nitrogens with two attached hydrogens (primary N) is 1. The summed E-state index contributed by atoms with van der Waals surface area (Å²) in [4.78, 5) is 30.9. The SMILES string of the molecule is CSCCN(CCN)C(=O)OCN1C=C[NH+](CC2CCc3c(c4ccccc4n3C)C2=O)C1C.Cl.[Cl-]. The standard InChI is InChI=1S/C25H35N5O3S.2ClH/c1-18-29(12-13-30(18)17-33-25(32)28(11-10-26)14-15-34-3)16-19-8-9-22-23(24(19)31)20-6-4-5-7-21(20)27(22)2;;/h4-7,12-13,18-19H,8-11,14-17,26H2,1-3H3;2*1H. The summed E-state index contributed by atoms with van der Waals surface area (Å²) in [5.74, 6) is 1.08. The maximum absolute atomic E-state index is 13.5. The third-order valence-corrected chi connectivity index (χ3v) is 7.72. The fourth-order valence-corrected chi connectivity index (χ4v) is 5.48. The summed E-state index contributed by atoms with van der Waals surface area (Å²) in [7, 11) is 2.06. The predicted octanol–water partition coefficient (Wildman–Crippen LogP) is -0.915.